The van der Waals surface area contributed by atoms with Crippen molar-refractivity contribution in [3.63, 3.8) is 0 Å². The number of aromatic nitrogens is 2. The van der Waals surface area contributed by atoms with Crippen LogP contribution in [0.15, 0.2) is 60.9 Å². The Morgan fingerprint density at radius 2 is 1.96 bits per heavy atom. The molecule has 6 heteroatoms. The molecule has 0 fully saturated rings. The molecule has 5 nitrogen and oxygen atoms in total. The predicted octanol–water partition coefficient (Wildman–Crippen LogP) is 4.39. The molecule has 140 valence electrons. The first kappa shape index (κ1) is 19.0. The van der Waals surface area contributed by atoms with Crippen LogP contribution in [-0.4, -0.2) is 22.1 Å². The molecule has 0 aliphatic carbocycles. The van der Waals surface area contributed by atoms with E-state index < -0.39 is 0 Å². The summed E-state index contributed by atoms with van der Waals surface area (Å²) in [6.07, 6.45) is 3.89. The number of aryl methyl sites for hydroxylation is 1. The number of carbonyl (C=O) groups is 1. The summed E-state index contributed by atoms with van der Waals surface area (Å²) in [6.45, 7) is 4.99. The largest absolute Gasteiger partial charge is 0.462 e. The highest BCUT2D eigenvalue weighted by atomic mass is 35.5. The molecule has 0 saturated carbocycles. The SMILES string of the molecule is C=C(Cc1ccc(Cl)cc1)C(=O)OCCCCn1cnc2c(N)cccc21. The van der Waals surface area contributed by atoms with Crippen molar-refractivity contribution in [2.75, 3.05) is 12.3 Å². The highest BCUT2D eigenvalue weighted by Crippen LogP contribution is 2.19. The fraction of sp³-hybridized carbons (Fsp3) is 0.238. The lowest BCUT2D eigenvalue weighted by atomic mass is 10.1. The highest BCUT2D eigenvalue weighted by molar-refractivity contribution is 6.30. The number of esters is 1. The number of unbranched alkanes of at least 4 members (excludes halogenated alkanes) is 1. The summed E-state index contributed by atoms with van der Waals surface area (Å²) >= 11 is 5.86. The van der Waals surface area contributed by atoms with Crippen LogP contribution in [0.4, 0.5) is 5.69 Å². The lowest BCUT2D eigenvalue weighted by molar-refractivity contribution is -0.139. The van der Waals surface area contributed by atoms with Crippen LogP contribution in [0.25, 0.3) is 11.0 Å². The van der Waals surface area contributed by atoms with E-state index in [4.69, 9.17) is 22.1 Å². The number of imidazole rings is 1. The van der Waals surface area contributed by atoms with Crippen molar-refractivity contribution >= 4 is 34.3 Å². The second-order valence-corrected chi connectivity index (χ2v) is 6.84. The van der Waals surface area contributed by atoms with E-state index in [-0.39, 0.29) is 5.97 Å². The van der Waals surface area contributed by atoms with Gasteiger partial charge in [-0.1, -0.05) is 36.4 Å². The van der Waals surface area contributed by atoms with Gasteiger partial charge in [0.1, 0.15) is 5.52 Å². The van der Waals surface area contributed by atoms with E-state index >= 15 is 0 Å². The first-order valence-corrected chi connectivity index (χ1v) is 9.21. The van der Waals surface area contributed by atoms with Gasteiger partial charge in [-0.25, -0.2) is 9.78 Å². The first-order valence-electron chi connectivity index (χ1n) is 8.83. The number of carbonyl (C=O) groups excluding carboxylic acids is 1. The number of hydrogen-bond acceptors (Lipinski definition) is 4. The van der Waals surface area contributed by atoms with E-state index in [0.29, 0.717) is 29.3 Å². The Kier molecular flexibility index (Phi) is 6.14. The second-order valence-electron chi connectivity index (χ2n) is 6.40. The van der Waals surface area contributed by atoms with E-state index in [0.717, 1.165) is 36.0 Å². The van der Waals surface area contributed by atoms with Gasteiger partial charge in [-0.05, 0) is 42.7 Å². The third-order valence-corrected chi connectivity index (χ3v) is 4.58. The Morgan fingerprint density at radius 3 is 2.74 bits per heavy atom. The number of halogens is 1. The van der Waals surface area contributed by atoms with Crippen molar-refractivity contribution in [2.24, 2.45) is 0 Å². The summed E-state index contributed by atoms with van der Waals surface area (Å²) in [5, 5.41) is 0.667. The number of anilines is 1. The van der Waals surface area contributed by atoms with Crippen molar-refractivity contribution in [3.8, 4) is 0 Å². The normalized spacial score (nSPS) is 10.9. The van der Waals surface area contributed by atoms with Crippen LogP contribution in [0, 0.1) is 0 Å². The van der Waals surface area contributed by atoms with Gasteiger partial charge in [0.05, 0.1) is 24.1 Å². The lowest BCUT2D eigenvalue weighted by Crippen LogP contribution is -2.10. The van der Waals surface area contributed by atoms with Crippen molar-refractivity contribution < 1.29 is 9.53 Å². The van der Waals surface area contributed by atoms with E-state index in [9.17, 15) is 4.79 Å². The molecular formula is C21H22ClN3O2. The van der Waals surface area contributed by atoms with Crippen molar-refractivity contribution in [1.29, 1.82) is 0 Å². The fourth-order valence-electron chi connectivity index (χ4n) is 2.86. The minimum Gasteiger partial charge on any atom is -0.462 e. The van der Waals surface area contributed by atoms with Gasteiger partial charge < -0.3 is 15.0 Å². The molecule has 3 aromatic rings. The monoisotopic (exact) mass is 383 g/mol. The maximum Gasteiger partial charge on any atom is 0.333 e. The Labute approximate surface area is 163 Å². The maximum atomic E-state index is 12.0. The third-order valence-electron chi connectivity index (χ3n) is 4.33. The molecule has 0 bridgehead atoms. The number of benzene rings is 2. The number of rotatable bonds is 8. The zero-order valence-electron chi connectivity index (χ0n) is 15.0. The molecule has 2 N–H and O–H groups in total. The molecule has 3 rings (SSSR count). The second kappa shape index (κ2) is 8.73. The number of nitrogens with zero attached hydrogens (tertiary/aromatic N) is 2. The molecule has 1 aromatic heterocycles. The van der Waals surface area contributed by atoms with E-state index in [1.165, 1.54) is 0 Å². The minimum absolute atomic E-state index is 0.356. The zero-order chi connectivity index (χ0) is 19.2. The molecule has 27 heavy (non-hydrogen) atoms. The van der Waals surface area contributed by atoms with Crippen LogP contribution in [0.5, 0.6) is 0 Å². The van der Waals surface area contributed by atoms with Crippen LogP contribution in [-0.2, 0) is 22.5 Å². The third kappa shape index (κ3) is 4.89. The summed E-state index contributed by atoms with van der Waals surface area (Å²) in [4.78, 5) is 16.4. The molecule has 0 saturated heterocycles. The van der Waals surface area contributed by atoms with E-state index in [1.807, 2.05) is 30.3 Å². The average Bonchev–Trinajstić information content (AvgIpc) is 3.07. The Balaban J connectivity index is 1.40. The van der Waals surface area contributed by atoms with Crippen LogP contribution >= 0.6 is 11.6 Å². The molecular weight excluding hydrogens is 362 g/mol. The maximum absolute atomic E-state index is 12.0. The van der Waals surface area contributed by atoms with E-state index in [2.05, 4.69) is 16.1 Å². The van der Waals surface area contributed by atoms with Crippen molar-refractivity contribution in [1.82, 2.24) is 9.55 Å². The number of fused-ring (bicyclic) bond motifs is 1. The molecule has 0 spiro atoms. The van der Waals surface area contributed by atoms with Crippen molar-refractivity contribution in [2.45, 2.75) is 25.8 Å². The van der Waals surface area contributed by atoms with Crippen LogP contribution in [0.3, 0.4) is 0 Å². The predicted molar refractivity (Wildman–Crippen MR) is 109 cm³/mol. The average molecular weight is 384 g/mol. The first-order chi connectivity index (χ1) is 13.0. The Hall–Kier alpha value is -2.79. The molecule has 2 aromatic carbocycles. The highest BCUT2D eigenvalue weighted by Gasteiger charge is 2.10. The number of hydrogen-bond donors (Lipinski definition) is 1. The number of para-hydroxylation sites is 1. The van der Waals surface area contributed by atoms with Gasteiger partial charge in [0.25, 0.3) is 0 Å². The summed E-state index contributed by atoms with van der Waals surface area (Å²) in [7, 11) is 0. The van der Waals surface area contributed by atoms with Gasteiger partial charge in [0, 0.05) is 23.6 Å². The molecule has 0 radical (unpaired) electrons. The van der Waals surface area contributed by atoms with Gasteiger partial charge in [-0.15, -0.1) is 0 Å². The van der Waals surface area contributed by atoms with Gasteiger partial charge in [0.15, 0.2) is 0 Å². The van der Waals surface area contributed by atoms with Crippen LogP contribution in [0.2, 0.25) is 5.02 Å². The summed E-state index contributed by atoms with van der Waals surface area (Å²) in [5.74, 6) is -0.356. The quantitative estimate of drug-likeness (QED) is 0.271. The van der Waals surface area contributed by atoms with Gasteiger partial charge in [-0.2, -0.15) is 0 Å². The van der Waals surface area contributed by atoms with Gasteiger partial charge in [-0.3, -0.25) is 0 Å². The molecule has 0 aliphatic heterocycles. The molecule has 0 amide bonds. The summed E-state index contributed by atoms with van der Waals surface area (Å²) in [5.41, 5.74) is 9.86. The number of ether oxygens (including phenoxy) is 1. The minimum atomic E-state index is -0.356. The van der Waals surface area contributed by atoms with Crippen molar-refractivity contribution in [3.05, 3.63) is 71.5 Å². The molecule has 0 atom stereocenters. The van der Waals surface area contributed by atoms with E-state index in [1.54, 1.807) is 18.5 Å². The summed E-state index contributed by atoms with van der Waals surface area (Å²) < 4.78 is 7.38. The smallest absolute Gasteiger partial charge is 0.333 e. The Morgan fingerprint density at radius 1 is 1.19 bits per heavy atom. The fourth-order valence-corrected chi connectivity index (χ4v) is 2.99. The molecule has 0 unspecified atom stereocenters. The topological polar surface area (TPSA) is 70.1 Å². The Bertz CT molecular complexity index is 948. The number of nitrogen functional groups attached to an aromatic ring is 1. The number of nitrogens with two attached hydrogens (primary N) is 1. The lowest BCUT2D eigenvalue weighted by Gasteiger charge is -2.08. The zero-order valence-corrected chi connectivity index (χ0v) is 15.8. The van der Waals surface area contributed by atoms with Gasteiger partial charge >= 0.3 is 5.97 Å². The van der Waals surface area contributed by atoms with Gasteiger partial charge in [0.2, 0.25) is 0 Å². The molecule has 0 aliphatic rings. The standard InChI is InChI=1S/C21H22ClN3O2/c1-15(13-16-7-9-17(22)10-8-16)21(26)27-12-3-2-11-25-14-24-20-18(23)5-4-6-19(20)25/h4-10,14H,1-3,11-13,23H2. The summed E-state index contributed by atoms with van der Waals surface area (Å²) in [6, 6.07) is 13.1. The van der Waals surface area contributed by atoms with Crippen LogP contribution < -0.4 is 5.73 Å². The van der Waals surface area contributed by atoms with Crippen LogP contribution in [0.1, 0.15) is 18.4 Å². The molecule has 1 heterocycles.